The van der Waals surface area contributed by atoms with Crippen molar-refractivity contribution in [1.29, 1.82) is 0 Å². The van der Waals surface area contributed by atoms with Gasteiger partial charge in [-0.05, 0) is 23.1 Å². The number of aromatic nitrogens is 2. The Labute approximate surface area is 157 Å². The molecule has 2 aromatic heterocycles. The van der Waals surface area contributed by atoms with Crippen LogP contribution in [-0.4, -0.2) is 42.1 Å². The SMILES string of the molecule is COCCNCc1ccc2c(c1)nc1sc(C(=O)NCC(C)(C)C)cn12. The molecular weight excluding hydrogens is 348 g/mol. The Morgan fingerprint density at radius 1 is 1.35 bits per heavy atom. The highest BCUT2D eigenvalue weighted by Gasteiger charge is 2.17. The van der Waals surface area contributed by atoms with Gasteiger partial charge in [-0.1, -0.05) is 38.2 Å². The average Bonchev–Trinajstić information content (AvgIpc) is 3.13. The Kier molecular flexibility index (Phi) is 5.60. The van der Waals surface area contributed by atoms with E-state index in [1.807, 2.05) is 10.6 Å². The summed E-state index contributed by atoms with van der Waals surface area (Å²) >= 11 is 1.42. The molecule has 140 valence electrons. The van der Waals surface area contributed by atoms with E-state index in [2.05, 4.69) is 54.6 Å². The normalized spacial score (nSPS) is 12.2. The fourth-order valence-corrected chi connectivity index (χ4v) is 3.53. The Bertz CT molecular complexity index is 907. The van der Waals surface area contributed by atoms with Gasteiger partial charge in [0.2, 0.25) is 0 Å². The van der Waals surface area contributed by atoms with Crippen LogP contribution in [0.15, 0.2) is 24.4 Å². The van der Waals surface area contributed by atoms with Gasteiger partial charge < -0.3 is 15.4 Å². The zero-order chi connectivity index (χ0) is 18.7. The highest BCUT2D eigenvalue weighted by molar-refractivity contribution is 7.18. The summed E-state index contributed by atoms with van der Waals surface area (Å²) in [7, 11) is 1.70. The molecule has 0 aliphatic carbocycles. The molecule has 0 saturated carbocycles. The number of nitrogens with zero attached hydrogens (tertiary/aromatic N) is 2. The number of rotatable bonds is 7. The van der Waals surface area contributed by atoms with Gasteiger partial charge in [0.25, 0.3) is 5.91 Å². The van der Waals surface area contributed by atoms with Gasteiger partial charge >= 0.3 is 0 Å². The standard InChI is InChI=1S/C19H26N4O2S/c1-19(2,3)12-21-17(24)16-11-23-15-6-5-13(10-20-7-8-25-4)9-14(15)22-18(23)26-16/h5-6,9,11,20H,7-8,10,12H2,1-4H3,(H,21,24). The highest BCUT2D eigenvalue weighted by Crippen LogP contribution is 2.25. The van der Waals surface area contributed by atoms with Crippen LogP contribution in [0.4, 0.5) is 0 Å². The van der Waals surface area contributed by atoms with Gasteiger partial charge in [0.05, 0.1) is 17.6 Å². The molecule has 3 aromatic rings. The maximum Gasteiger partial charge on any atom is 0.263 e. The molecule has 0 saturated heterocycles. The van der Waals surface area contributed by atoms with Gasteiger partial charge in [-0.25, -0.2) is 4.98 Å². The number of imidazole rings is 1. The maximum atomic E-state index is 12.4. The second-order valence-electron chi connectivity index (χ2n) is 7.60. The number of methoxy groups -OCH3 is 1. The number of hydrogen-bond acceptors (Lipinski definition) is 5. The molecular formula is C19H26N4O2S. The molecule has 7 heteroatoms. The second kappa shape index (κ2) is 7.73. The predicted octanol–water partition coefficient (Wildman–Crippen LogP) is 3.06. The molecule has 3 rings (SSSR count). The number of carbonyl (C=O) groups is 1. The summed E-state index contributed by atoms with van der Waals surface area (Å²) in [6.07, 6.45) is 1.88. The van der Waals surface area contributed by atoms with E-state index in [9.17, 15) is 4.79 Å². The molecule has 26 heavy (non-hydrogen) atoms. The molecule has 1 aromatic carbocycles. The number of nitrogens with one attached hydrogen (secondary N) is 2. The largest absolute Gasteiger partial charge is 0.383 e. The molecule has 0 unspecified atom stereocenters. The van der Waals surface area contributed by atoms with Crippen LogP contribution in [0.2, 0.25) is 0 Å². The lowest BCUT2D eigenvalue weighted by Gasteiger charge is -2.18. The van der Waals surface area contributed by atoms with E-state index in [0.29, 0.717) is 18.0 Å². The first-order chi connectivity index (χ1) is 12.4. The van der Waals surface area contributed by atoms with E-state index in [1.54, 1.807) is 7.11 Å². The third-order valence-corrected chi connectivity index (χ3v) is 4.97. The fourth-order valence-electron chi connectivity index (χ4n) is 2.62. The maximum absolute atomic E-state index is 12.4. The number of thiazole rings is 1. The van der Waals surface area contributed by atoms with Crippen LogP contribution in [0.5, 0.6) is 0 Å². The summed E-state index contributed by atoms with van der Waals surface area (Å²) in [5.41, 5.74) is 3.21. The van der Waals surface area contributed by atoms with Crippen molar-refractivity contribution in [2.75, 3.05) is 26.8 Å². The van der Waals surface area contributed by atoms with Gasteiger partial charge in [-0.3, -0.25) is 9.20 Å². The van der Waals surface area contributed by atoms with E-state index >= 15 is 0 Å². The lowest BCUT2D eigenvalue weighted by molar-refractivity contribution is 0.0943. The Hall–Kier alpha value is -1.96. The minimum Gasteiger partial charge on any atom is -0.383 e. The Morgan fingerprint density at radius 3 is 2.88 bits per heavy atom. The number of fused-ring (bicyclic) bond motifs is 3. The molecule has 0 bridgehead atoms. The van der Waals surface area contributed by atoms with Gasteiger partial charge in [0.1, 0.15) is 4.88 Å². The van der Waals surface area contributed by atoms with Gasteiger partial charge in [0.15, 0.2) is 4.96 Å². The van der Waals surface area contributed by atoms with Crippen molar-refractivity contribution < 1.29 is 9.53 Å². The first kappa shape index (κ1) is 18.8. The van der Waals surface area contributed by atoms with Crippen LogP contribution >= 0.6 is 11.3 Å². The fraction of sp³-hybridized carbons (Fsp3) is 0.474. The topological polar surface area (TPSA) is 67.7 Å². The minimum absolute atomic E-state index is 0.0393. The number of amides is 1. The molecule has 1 amide bonds. The zero-order valence-electron chi connectivity index (χ0n) is 15.8. The summed E-state index contributed by atoms with van der Waals surface area (Å²) in [5, 5.41) is 6.33. The number of hydrogen-bond donors (Lipinski definition) is 2. The third-order valence-electron chi connectivity index (χ3n) is 3.98. The van der Waals surface area contributed by atoms with Crippen LogP contribution in [0.1, 0.15) is 36.0 Å². The Morgan fingerprint density at radius 2 is 2.15 bits per heavy atom. The first-order valence-corrected chi connectivity index (χ1v) is 9.57. The monoisotopic (exact) mass is 374 g/mol. The third kappa shape index (κ3) is 4.41. The average molecular weight is 375 g/mol. The number of benzene rings is 1. The van der Waals surface area contributed by atoms with Crippen molar-refractivity contribution in [1.82, 2.24) is 20.0 Å². The van der Waals surface area contributed by atoms with Crippen molar-refractivity contribution in [3.63, 3.8) is 0 Å². The van der Waals surface area contributed by atoms with E-state index in [4.69, 9.17) is 4.74 Å². The van der Waals surface area contributed by atoms with E-state index in [-0.39, 0.29) is 11.3 Å². The van der Waals surface area contributed by atoms with E-state index in [0.717, 1.165) is 29.1 Å². The van der Waals surface area contributed by atoms with Crippen LogP contribution in [-0.2, 0) is 11.3 Å². The molecule has 0 atom stereocenters. The molecule has 0 fully saturated rings. The summed E-state index contributed by atoms with van der Waals surface area (Å²) in [6, 6.07) is 6.24. The van der Waals surface area contributed by atoms with Crippen molar-refractivity contribution in [3.8, 4) is 0 Å². The smallest absolute Gasteiger partial charge is 0.263 e. The Balaban J connectivity index is 1.75. The van der Waals surface area contributed by atoms with Gasteiger partial charge in [0, 0.05) is 32.9 Å². The molecule has 0 aliphatic heterocycles. The van der Waals surface area contributed by atoms with Gasteiger partial charge in [-0.2, -0.15) is 0 Å². The molecule has 0 spiro atoms. The minimum atomic E-state index is -0.0393. The zero-order valence-corrected chi connectivity index (χ0v) is 16.6. The van der Waals surface area contributed by atoms with Crippen LogP contribution in [0.25, 0.3) is 16.0 Å². The molecule has 2 heterocycles. The number of carbonyl (C=O) groups excluding carboxylic acids is 1. The molecule has 0 radical (unpaired) electrons. The predicted molar refractivity (Wildman–Crippen MR) is 106 cm³/mol. The summed E-state index contributed by atoms with van der Waals surface area (Å²) in [5.74, 6) is -0.0393. The van der Waals surface area contributed by atoms with E-state index < -0.39 is 0 Å². The van der Waals surface area contributed by atoms with Crippen molar-refractivity contribution in [3.05, 3.63) is 34.8 Å². The summed E-state index contributed by atoms with van der Waals surface area (Å²) in [4.78, 5) is 18.6. The lowest BCUT2D eigenvalue weighted by atomic mass is 9.97. The number of ether oxygens (including phenoxy) is 1. The molecule has 2 N–H and O–H groups in total. The lowest BCUT2D eigenvalue weighted by Crippen LogP contribution is -2.31. The van der Waals surface area contributed by atoms with Crippen LogP contribution in [0, 0.1) is 5.41 Å². The van der Waals surface area contributed by atoms with Crippen molar-refractivity contribution in [2.24, 2.45) is 5.41 Å². The first-order valence-electron chi connectivity index (χ1n) is 8.76. The highest BCUT2D eigenvalue weighted by atomic mass is 32.1. The molecule has 6 nitrogen and oxygen atoms in total. The van der Waals surface area contributed by atoms with Crippen LogP contribution in [0.3, 0.4) is 0 Å². The summed E-state index contributed by atoms with van der Waals surface area (Å²) in [6.45, 7) is 9.25. The summed E-state index contributed by atoms with van der Waals surface area (Å²) < 4.78 is 7.03. The quantitative estimate of drug-likeness (QED) is 0.624. The molecule has 0 aliphatic rings. The van der Waals surface area contributed by atoms with Gasteiger partial charge in [-0.15, -0.1) is 0 Å². The second-order valence-corrected chi connectivity index (χ2v) is 8.60. The van der Waals surface area contributed by atoms with Crippen molar-refractivity contribution in [2.45, 2.75) is 27.3 Å². The van der Waals surface area contributed by atoms with Crippen LogP contribution < -0.4 is 10.6 Å². The van der Waals surface area contributed by atoms with E-state index in [1.165, 1.54) is 16.9 Å². The van der Waals surface area contributed by atoms with Crippen molar-refractivity contribution >= 4 is 33.2 Å².